The number of thiophene rings is 1. The number of anilines is 1. The number of carbonyl (C=O) groups excluding carboxylic acids is 2. The number of rotatable bonds is 8. The molecule has 1 aromatic heterocycles. The van der Waals surface area contributed by atoms with Gasteiger partial charge >= 0.3 is 5.97 Å². The Morgan fingerprint density at radius 3 is 2.41 bits per heavy atom. The molecule has 7 nitrogen and oxygen atoms in total. The smallest absolute Gasteiger partial charge is 0.340 e. The van der Waals surface area contributed by atoms with Crippen LogP contribution in [0.3, 0.4) is 0 Å². The molecule has 0 aliphatic heterocycles. The molecule has 0 radical (unpaired) electrons. The van der Waals surface area contributed by atoms with E-state index < -0.39 is 28.5 Å². The summed E-state index contributed by atoms with van der Waals surface area (Å²) in [5, 5.41) is 1.93. The molecule has 1 heterocycles. The molecule has 0 fully saturated rings. The minimum absolute atomic E-state index is 0.0238. The van der Waals surface area contributed by atoms with Crippen molar-refractivity contribution in [3.8, 4) is 0 Å². The maximum atomic E-state index is 13.0. The van der Waals surface area contributed by atoms with Crippen LogP contribution >= 0.6 is 22.9 Å². The van der Waals surface area contributed by atoms with Crippen LogP contribution in [0, 0.1) is 0 Å². The Balaban J connectivity index is 1.72. The van der Waals surface area contributed by atoms with Gasteiger partial charge in [0.1, 0.15) is 0 Å². The van der Waals surface area contributed by atoms with E-state index >= 15 is 0 Å². The molecule has 10 heteroatoms. The van der Waals surface area contributed by atoms with Crippen LogP contribution in [0.1, 0.15) is 15.2 Å². The summed E-state index contributed by atoms with van der Waals surface area (Å²) >= 11 is 7.62. The lowest BCUT2D eigenvalue weighted by molar-refractivity contribution is -0.133. The minimum atomic E-state index is -3.95. The Kier molecular flexibility index (Phi) is 7.55. The fraction of sp³-hybridized carbons (Fsp3) is 0.182. The summed E-state index contributed by atoms with van der Waals surface area (Å²) in [7, 11) is -0.923. The average Bonchev–Trinajstić information content (AvgIpc) is 3.30. The van der Waals surface area contributed by atoms with E-state index in [0.29, 0.717) is 12.2 Å². The zero-order valence-corrected chi connectivity index (χ0v) is 19.8. The number of halogens is 1. The number of sulfonamides is 1. The molecule has 1 amide bonds. The van der Waals surface area contributed by atoms with E-state index in [1.165, 1.54) is 35.4 Å². The van der Waals surface area contributed by atoms with Gasteiger partial charge in [0.25, 0.3) is 15.9 Å². The van der Waals surface area contributed by atoms with Crippen molar-refractivity contribution < 1.29 is 22.7 Å². The van der Waals surface area contributed by atoms with Crippen molar-refractivity contribution in [2.24, 2.45) is 0 Å². The van der Waals surface area contributed by atoms with E-state index in [1.807, 2.05) is 17.5 Å². The Labute approximate surface area is 195 Å². The lowest BCUT2D eigenvalue weighted by Crippen LogP contribution is -2.30. The Morgan fingerprint density at radius 2 is 1.75 bits per heavy atom. The van der Waals surface area contributed by atoms with Crippen LogP contribution in [-0.2, 0) is 26.1 Å². The number of nitrogens with zero attached hydrogens (tertiary/aromatic N) is 2. The van der Waals surface area contributed by atoms with E-state index in [0.717, 1.165) is 15.2 Å². The van der Waals surface area contributed by atoms with Crippen molar-refractivity contribution in [3.05, 3.63) is 81.5 Å². The summed E-state index contributed by atoms with van der Waals surface area (Å²) < 4.78 is 32.2. The Hall–Kier alpha value is -2.88. The molecule has 0 atom stereocenters. The highest BCUT2D eigenvalue weighted by molar-refractivity contribution is 7.92. The molecule has 0 aliphatic carbocycles. The normalized spacial score (nSPS) is 11.1. The molecule has 32 heavy (non-hydrogen) atoms. The quantitative estimate of drug-likeness (QED) is 0.443. The van der Waals surface area contributed by atoms with E-state index in [-0.39, 0.29) is 15.5 Å². The number of likely N-dealkylation sites (N-methyl/N-ethyl adjacent to an activating group) is 1. The highest BCUT2D eigenvalue weighted by Crippen LogP contribution is 2.26. The van der Waals surface area contributed by atoms with Gasteiger partial charge in [0.05, 0.1) is 27.7 Å². The third-order valence-corrected chi connectivity index (χ3v) is 7.63. The predicted molar refractivity (Wildman–Crippen MR) is 125 cm³/mol. The Bertz CT molecular complexity index is 1200. The first-order chi connectivity index (χ1) is 15.2. The van der Waals surface area contributed by atoms with Gasteiger partial charge in [-0.2, -0.15) is 0 Å². The summed E-state index contributed by atoms with van der Waals surface area (Å²) in [5.41, 5.74) is 0.328. The third-order valence-electron chi connectivity index (χ3n) is 4.66. The summed E-state index contributed by atoms with van der Waals surface area (Å²) in [4.78, 5) is 27.1. The van der Waals surface area contributed by atoms with Crippen LogP contribution in [0.4, 0.5) is 5.69 Å². The first-order valence-corrected chi connectivity index (χ1v) is 12.2. The van der Waals surface area contributed by atoms with E-state index in [4.69, 9.17) is 16.3 Å². The second kappa shape index (κ2) is 10.2. The molecule has 168 valence electrons. The third kappa shape index (κ3) is 5.48. The van der Waals surface area contributed by atoms with Crippen molar-refractivity contribution >= 4 is 50.5 Å². The molecular weight excluding hydrogens is 472 g/mol. The fourth-order valence-corrected chi connectivity index (χ4v) is 4.97. The molecular formula is C22H21ClN2O5S2. The molecule has 3 rings (SSSR count). The van der Waals surface area contributed by atoms with Gasteiger partial charge in [0.15, 0.2) is 6.61 Å². The zero-order chi connectivity index (χ0) is 23.3. The molecule has 0 saturated heterocycles. The standard InChI is InChI=1S/C22H21ClN2O5S2/c1-24(14-17-9-6-12-31-17)21(26)15-30-22(27)19-13-18(10-11-20(19)23)32(28,29)25(2)16-7-4-3-5-8-16/h3-13H,14-15H2,1-2H3. The maximum absolute atomic E-state index is 13.0. The van der Waals surface area contributed by atoms with Gasteiger partial charge in [-0.3, -0.25) is 9.10 Å². The highest BCUT2D eigenvalue weighted by atomic mass is 35.5. The van der Waals surface area contributed by atoms with Crippen LogP contribution in [-0.4, -0.2) is 45.9 Å². The summed E-state index contributed by atoms with van der Waals surface area (Å²) in [5.74, 6) is -1.28. The van der Waals surface area contributed by atoms with Crippen molar-refractivity contribution in [2.75, 3.05) is 25.0 Å². The van der Waals surface area contributed by atoms with Crippen LogP contribution in [0.2, 0.25) is 5.02 Å². The number of para-hydroxylation sites is 1. The van der Waals surface area contributed by atoms with Crippen LogP contribution in [0.5, 0.6) is 0 Å². The molecule has 3 aromatic rings. The number of benzene rings is 2. The van der Waals surface area contributed by atoms with E-state index in [2.05, 4.69) is 0 Å². The molecule has 0 bridgehead atoms. The Morgan fingerprint density at radius 1 is 1.03 bits per heavy atom. The van der Waals surface area contributed by atoms with Crippen molar-refractivity contribution in [3.63, 3.8) is 0 Å². The maximum Gasteiger partial charge on any atom is 0.340 e. The highest BCUT2D eigenvalue weighted by Gasteiger charge is 2.24. The first kappa shape index (κ1) is 23.8. The van der Waals surface area contributed by atoms with Gasteiger partial charge in [-0.25, -0.2) is 13.2 Å². The van der Waals surface area contributed by atoms with Crippen molar-refractivity contribution in [2.45, 2.75) is 11.4 Å². The predicted octanol–water partition coefficient (Wildman–Crippen LogP) is 4.04. The second-order valence-electron chi connectivity index (χ2n) is 6.86. The van der Waals surface area contributed by atoms with Crippen molar-refractivity contribution in [1.29, 1.82) is 0 Å². The molecule has 0 N–H and O–H groups in total. The fourth-order valence-electron chi connectivity index (χ4n) is 2.80. The summed E-state index contributed by atoms with van der Waals surface area (Å²) in [6.07, 6.45) is 0. The van der Waals surface area contributed by atoms with Crippen LogP contribution in [0.25, 0.3) is 0 Å². The average molecular weight is 493 g/mol. The van der Waals surface area contributed by atoms with Gasteiger partial charge in [-0.1, -0.05) is 35.9 Å². The number of esters is 1. The minimum Gasteiger partial charge on any atom is -0.452 e. The largest absolute Gasteiger partial charge is 0.452 e. The molecule has 0 aliphatic rings. The number of amides is 1. The number of carbonyl (C=O) groups is 2. The van der Waals surface area contributed by atoms with Gasteiger partial charge in [-0.05, 0) is 41.8 Å². The molecule has 0 saturated carbocycles. The molecule has 0 unspecified atom stereocenters. The van der Waals surface area contributed by atoms with Gasteiger partial charge < -0.3 is 9.64 Å². The number of hydrogen-bond acceptors (Lipinski definition) is 6. The summed E-state index contributed by atoms with van der Waals surface area (Å²) in [6, 6.07) is 16.1. The van der Waals surface area contributed by atoms with Crippen molar-refractivity contribution in [1.82, 2.24) is 4.90 Å². The SMILES string of the molecule is CN(Cc1cccs1)C(=O)COC(=O)c1cc(S(=O)(=O)N(C)c2ccccc2)ccc1Cl. The van der Waals surface area contributed by atoms with Gasteiger partial charge in [0, 0.05) is 19.0 Å². The summed E-state index contributed by atoms with van der Waals surface area (Å²) in [6.45, 7) is -0.0910. The van der Waals surface area contributed by atoms with Gasteiger partial charge in [-0.15, -0.1) is 11.3 Å². The van der Waals surface area contributed by atoms with Gasteiger partial charge in [0.2, 0.25) is 0 Å². The zero-order valence-electron chi connectivity index (χ0n) is 17.4. The van der Waals surface area contributed by atoms with Crippen LogP contribution in [0.15, 0.2) is 70.9 Å². The lowest BCUT2D eigenvalue weighted by Gasteiger charge is -2.20. The number of ether oxygens (including phenoxy) is 1. The molecule has 2 aromatic carbocycles. The number of hydrogen-bond donors (Lipinski definition) is 0. The van der Waals surface area contributed by atoms with E-state index in [9.17, 15) is 18.0 Å². The topological polar surface area (TPSA) is 84.0 Å². The lowest BCUT2D eigenvalue weighted by atomic mass is 10.2. The van der Waals surface area contributed by atoms with E-state index in [1.54, 1.807) is 37.4 Å². The molecule has 0 spiro atoms. The first-order valence-electron chi connectivity index (χ1n) is 9.47. The monoisotopic (exact) mass is 492 g/mol. The second-order valence-corrected chi connectivity index (χ2v) is 10.3. The van der Waals surface area contributed by atoms with Crippen LogP contribution < -0.4 is 4.31 Å².